The summed E-state index contributed by atoms with van der Waals surface area (Å²) in [6, 6.07) is 0. The minimum Gasteiger partial charge on any atom is -0.308 e. The molecule has 3 rings (SSSR count). The van der Waals surface area contributed by atoms with E-state index in [0.717, 1.165) is 6.42 Å². The second kappa shape index (κ2) is 6.25. The Labute approximate surface area is 135 Å². The molecule has 2 aliphatic rings. The van der Waals surface area contributed by atoms with Gasteiger partial charge < -0.3 is 5.32 Å². The Morgan fingerprint density at radius 3 is 2.82 bits per heavy atom. The van der Waals surface area contributed by atoms with E-state index in [0.29, 0.717) is 29.8 Å². The molecule has 2 atom stereocenters. The predicted octanol–water partition coefficient (Wildman–Crippen LogP) is 3.37. The molecule has 22 heavy (non-hydrogen) atoms. The molecule has 2 fully saturated rings. The number of carbonyl (C=O) groups is 1. The molecule has 6 heteroatoms. The lowest BCUT2D eigenvalue weighted by molar-refractivity contribution is -0.125. The van der Waals surface area contributed by atoms with Gasteiger partial charge in [-0.15, -0.1) is 11.3 Å². The highest BCUT2D eigenvalue weighted by Crippen LogP contribution is 2.41. The van der Waals surface area contributed by atoms with Gasteiger partial charge in [0.15, 0.2) is 11.3 Å². The monoisotopic (exact) mass is 318 g/mol. The number of thiazole rings is 1. The Bertz CT molecular complexity index is 587. The van der Waals surface area contributed by atoms with Gasteiger partial charge in [0, 0.05) is 11.1 Å². The lowest BCUT2D eigenvalue weighted by atomic mass is 9.76. The highest BCUT2D eigenvalue weighted by molar-refractivity contribution is 7.15. The zero-order valence-corrected chi connectivity index (χ0v) is 13.7. The largest absolute Gasteiger partial charge is 0.308 e. The van der Waals surface area contributed by atoms with E-state index in [9.17, 15) is 4.79 Å². The molecule has 0 radical (unpaired) electrons. The van der Waals surface area contributed by atoms with Gasteiger partial charge in [0.05, 0.1) is 0 Å². The first-order chi connectivity index (χ1) is 10.6. The fraction of sp³-hybridized carbons (Fsp3) is 0.688. The zero-order valence-electron chi connectivity index (χ0n) is 12.9. The molecular formula is C16H22N4OS. The highest BCUT2D eigenvalue weighted by atomic mass is 32.1. The van der Waals surface area contributed by atoms with E-state index in [1.54, 1.807) is 11.3 Å². The third-order valence-corrected chi connectivity index (χ3v) is 6.20. The molecule has 1 aromatic rings. The summed E-state index contributed by atoms with van der Waals surface area (Å²) in [6.07, 6.45) is 11.3. The minimum atomic E-state index is -0.710. The van der Waals surface area contributed by atoms with E-state index in [1.165, 1.54) is 30.6 Å². The van der Waals surface area contributed by atoms with Crippen molar-refractivity contribution in [3.8, 4) is 6.19 Å². The first-order valence-corrected chi connectivity index (χ1v) is 8.90. The van der Waals surface area contributed by atoms with Crippen LogP contribution in [0.5, 0.6) is 0 Å². The number of hydrogen-bond acceptors (Lipinski definition) is 5. The van der Waals surface area contributed by atoms with Crippen LogP contribution in [0.4, 0.5) is 5.13 Å². The molecule has 2 N–H and O–H groups in total. The Balaban J connectivity index is 1.67. The molecule has 2 saturated carbocycles. The molecule has 0 aliphatic heterocycles. The molecule has 1 heterocycles. The average molecular weight is 318 g/mol. The smallest absolute Gasteiger partial charge is 0.252 e. The highest BCUT2D eigenvalue weighted by Gasteiger charge is 2.44. The van der Waals surface area contributed by atoms with E-state index in [2.05, 4.69) is 22.5 Å². The summed E-state index contributed by atoms with van der Waals surface area (Å²) in [5.41, 5.74) is -0.710. The molecule has 1 amide bonds. The second-order valence-electron chi connectivity index (χ2n) is 6.56. The average Bonchev–Trinajstić information content (AvgIpc) is 2.91. The first-order valence-electron chi connectivity index (χ1n) is 8.08. The maximum atomic E-state index is 12.4. The molecule has 1 aromatic heterocycles. The van der Waals surface area contributed by atoms with Crippen molar-refractivity contribution in [1.29, 1.82) is 5.26 Å². The van der Waals surface area contributed by atoms with Crippen molar-refractivity contribution in [2.75, 3.05) is 5.32 Å². The summed E-state index contributed by atoms with van der Waals surface area (Å²) < 4.78 is 0. The van der Waals surface area contributed by atoms with Crippen molar-refractivity contribution in [1.82, 2.24) is 10.3 Å². The van der Waals surface area contributed by atoms with Crippen molar-refractivity contribution in [3.63, 3.8) is 0 Å². The maximum Gasteiger partial charge on any atom is 0.252 e. The Hall–Kier alpha value is -1.61. The van der Waals surface area contributed by atoms with Crippen LogP contribution >= 0.6 is 11.3 Å². The Morgan fingerprint density at radius 2 is 2.18 bits per heavy atom. The quantitative estimate of drug-likeness (QED) is 0.659. The van der Waals surface area contributed by atoms with E-state index < -0.39 is 5.54 Å². The van der Waals surface area contributed by atoms with Gasteiger partial charge in [-0.3, -0.25) is 10.1 Å². The molecule has 0 bridgehead atoms. The number of aromatic nitrogens is 1. The van der Waals surface area contributed by atoms with Crippen molar-refractivity contribution < 1.29 is 4.79 Å². The normalized spacial score (nSPS) is 26.5. The van der Waals surface area contributed by atoms with Gasteiger partial charge >= 0.3 is 0 Å². The van der Waals surface area contributed by atoms with Crippen molar-refractivity contribution in [2.24, 2.45) is 5.92 Å². The third-order valence-electron chi connectivity index (χ3n) is 5.16. The number of nitrogens with one attached hydrogen (secondary N) is 2. The van der Waals surface area contributed by atoms with Crippen LogP contribution in [-0.4, -0.2) is 16.4 Å². The fourth-order valence-corrected chi connectivity index (χ4v) is 4.60. The number of anilines is 1. The number of hydrogen-bond donors (Lipinski definition) is 2. The summed E-state index contributed by atoms with van der Waals surface area (Å²) in [5, 5.41) is 15.0. The van der Waals surface area contributed by atoms with Crippen LogP contribution in [0.2, 0.25) is 0 Å². The predicted molar refractivity (Wildman–Crippen MR) is 86.4 cm³/mol. The SMILES string of the molecule is C[C@@H]1CCCC[C@H]1c1cnc(NC(=O)C2(NC#N)CCC2)s1. The van der Waals surface area contributed by atoms with Crippen LogP contribution in [0, 0.1) is 17.4 Å². The molecule has 118 valence electrons. The van der Waals surface area contributed by atoms with Crippen LogP contribution in [0.1, 0.15) is 62.7 Å². The number of amides is 1. The lowest BCUT2D eigenvalue weighted by Crippen LogP contribution is -2.57. The maximum absolute atomic E-state index is 12.4. The summed E-state index contributed by atoms with van der Waals surface area (Å²) in [5.74, 6) is 1.14. The van der Waals surface area contributed by atoms with Gasteiger partial charge in [0.25, 0.3) is 5.91 Å². The number of carbonyl (C=O) groups excluding carboxylic acids is 1. The third kappa shape index (κ3) is 2.82. The van der Waals surface area contributed by atoms with Gasteiger partial charge in [0.2, 0.25) is 0 Å². The van der Waals surface area contributed by atoms with Crippen molar-refractivity contribution >= 4 is 22.4 Å². The van der Waals surface area contributed by atoms with E-state index in [-0.39, 0.29) is 5.91 Å². The molecular weight excluding hydrogens is 296 g/mol. The number of nitriles is 1. The van der Waals surface area contributed by atoms with Gasteiger partial charge in [-0.05, 0) is 37.5 Å². The molecule has 0 unspecified atom stereocenters. The molecule has 0 aromatic carbocycles. The topological polar surface area (TPSA) is 77.8 Å². The van der Waals surface area contributed by atoms with E-state index in [1.807, 2.05) is 12.4 Å². The fourth-order valence-electron chi connectivity index (χ4n) is 3.52. The summed E-state index contributed by atoms with van der Waals surface area (Å²) in [7, 11) is 0. The van der Waals surface area contributed by atoms with Gasteiger partial charge in [-0.1, -0.05) is 26.2 Å². The van der Waals surface area contributed by atoms with Crippen LogP contribution in [-0.2, 0) is 4.79 Å². The van der Waals surface area contributed by atoms with Crippen LogP contribution in [0.3, 0.4) is 0 Å². The summed E-state index contributed by atoms with van der Waals surface area (Å²) in [6.45, 7) is 2.31. The van der Waals surface area contributed by atoms with Crippen LogP contribution in [0.15, 0.2) is 6.20 Å². The standard InChI is InChI=1S/C16H22N4OS/c1-11-5-2-3-6-12(11)13-9-18-15(22-13)20-14(21)16(19-10-17)7-4-8-16/h9,11-12,19H,2-8H2,1H3,(H,18,20,21)/t11-,12-/m1/s1. The van der Waals surface area contributed by atoms with Crippen LogP contribution in [0.25, 0.3) is 0 Å². The molecule has 0 saturated heterocycles. The summed E-state index contributed by atoms with van der Waals surface area (Å²) in [4.78, 5) is 18.0. The summed E-state index contributed by atoms with van der Waals surface area (Å²) >= 11 is 1.59. The number of rotatable bonds is 4. The Morgan fingerprint density at radius 1 is 1.41 bits per heavy atom. The molecule has 0 spiro atoms. The second-order valence-corrected chi connectivity index (χ2v) is 7.62. The zero-order chi connectivity index (χ0) is 15.6. The lowest BCUT2D eigenvalue weighted by Gasteiger charge is -2.38. The van der Waals surface area contributed by atoms with Gasteiger partial charge in [-0.25, -0.2) is 4.98 Å². The van der Waals surface area contributed by atoms with Gasteiger partial charge in [0.1, 0.15) is 5.54 Å². The van der Waals surface area contributed by atoms with Gasteiger partial charge in [-0.2, -0.15) is 5.26 Å². The number of nitrogens with zero attached hydrogens (tertiary/aromatic N) is 2. The minimum absolute atomic E-state index is 0.127. The Kier molecular flexibility index (Phi) is 4.34. The van der Waals surface area contributed by atoms with Crippen LogP contribution < -0.4 is 10.6 Å². The first kappa shape index (κ1) is 15.3. The van der Waals surface area contributed by atoms with Crippen molar-refractivity contribution in [3.05, 3.63) is 11.1 Å². The molecule has 5 nitrogen and oxygen atoms in total. The molecule has 2 aliphatic carbocycles. The van der Waals surface area contributed by atoms with Crippen molar-refractivity contribution in [2.45, 2.75) is 63.3 Å². The van der Waals surface area contributed by atoms with E-state index >= 15 is 0 Å². The van der Waals surface area contributed by atoms with E-state index in [4.69, 9.17) is 5.26 Å².